The molecule has 0 saturated heterocycles. The van der Waals surface area contributed by atoms with Gasteiger partial charge < -0.3 is 15.9 Å². The Kier molecular flexibility index (Phi) is 4.17. The van der Waals surface area contributed by atoms with Crippen LogP contribution in [-0.2, 0) is 10.2 Å². The van der Waals surface area contributed by atoms with Crippen LogP contribution in [0, 0.1) is 0 Å². The number of aromatic hydroxyl groups is 2. The standard InChI is InChI=1S/C17H19NO3/c1-2-11-17(16(18)21,12-3-7-14(19)8-4-12)13-5-9-15(20)10-6-13/h3-10,19-20H,2,11H2,1H3,(H2,18,21). The van der Waals surface area contributed by atoms with E-state index in [0.717, 1.165) is 17.5 Å². The van der Waals surface area contributed by atoms with E-state index >= 15 is 0 Å². The lowest BCUT2D eigenvalue weighted by Crippen LogP contribution is -2.42. The number of hydrogen-bond acceptors (Lipinski definition) is 3. The van der Waals surface area contributed by atoms with Crippen molar-refractivity contribution in [3.05, 3.63) is 59.7 Å². The fourth-order valence-corrected chi connectivity index (χ4v) is 2.73. The van der Waals surface area contributed by atoms with Crippen molar-refractivity contribution in [2.75, 3.05) is 0 Å². The Bertz CT molecular complexity index is 572. The van der Waals surface area contributed by atoms with Gasteiger partial charge in [-0.15, -0.1) is 0 Å². The number of amides is 1. The number of carbonyl (C=O) groups excluding carboxylic acids is 1. The Labute approximate surface area is 123 Å². The van der Waals surface area contributed by atoms with E-state index < -0.39 is 11.3 Å². The average Bonchev–Trinajstić information content (AvgIpc) is 2.46. The van der Waals surface area contributed by atoms with Crippen molar-refractivity contribution in [2.45, 2.75) is 25.2 Å². The van der Waals surface area contributed by atoms with Gasteiger partial charge in [0.15, 0.2) is 0 Å². The number of primary amides is 1. The summed E-state index contributed by atoms with van der Waals surface area (Å²) in [6.45, 7) is 1.98. The number of phenolic OH excluding ortho intramolecular Hbond substituents is 2. The van der Waals surface area contributed by atoms with E-state index in [-0.39, 0.29) is 11.5 Å². The van der Waals surface area contributed by atoms with Gasteiger partial charge in [-0.25, -0.2) is 0 Å². The third-order valence-electron chi connectivity index (χ3n) is 3.77. The van der Waals surface area contributed by atoms with E-state index in [1.807, 2.05) is 6.92 Å². The molecule has 0 atom stereocenters. The topological polar surface area (TPSA) is 83.6 Å². The van der Waals surface area contributed by atoms with Gasteiger partial charge in [0.2, 0.25) is 5.91 Å². The van der Waals surface area contributed by atoms with E-state index in [9.17, 15) is 15.0 Å². The molecule has 4 heteroatoms. The molecule has 0 bridgehead atoms. The molecule has 4 N–H and O–H groups in total. The van der Waals surface area contributed by atoms with Gasteiger partial charge in [-0.2, -0.15) is 0 Å². The quantitative estimate of drug-likeness (QED) is 0.789. The van der Waals surface area contributed by atoms with E-state index in [0.29, 0.717) is 6.42 Å². The van der Waals surface area contributed by atoms with Crippen molar-refractivity contribution in [1.82, 2.24) is 0 Å². The zero-order valence-corrected chi connectivity index (χ0v) is 11.9. The van der Waals surface area contributed by atoms with Gasteiger partial charge in [0.05, 0.1) is 5.41 Å². The van der Waals surface area contributed by atoms with Gasteiger partial charge in [-0.3, -0.25) is 4.79 Å². The minimum atomic E-state index is -0.962. The van der Waals surface area contributed by atoms with Crippen molar-refractivity contribution in [3.8, 4) is 11.5 Å². The zero-order valence-electron chi connectivity index (χ0n) is 11.9. The summed E-state index contributed by atoms with van der Waals surface area (Å²) in [5, 5.41) is 18.9. The predicted octanol–water partition coefficient (Wildman–Crippen LogP) is 2.67. The molecule has 1 amide bonds. The monoisotopic (exact) mass is 285 g/mol. The first-order valence-corrected chi connectivity index (χ1v) is 6.89. The smallest absolute Gasteiger partial charge is 0.232 e. The normalized spacial score (nSPS) is 11.3. The molecule has 0 aliphatic heterocycles. The molecule has 2 aromatic rings. The number of nitrogens with two attached hydrogens (primary N) is 1. The molecule has 21 heavy (non-hydrogen) atoms. The van der Waals surface area contributed by atoms with Crippen molar-refractivity contribution >= 4 is 5.91 Å². The highest BCUT2D eigenvalue weighted by Gasteiger charge is 2.39. The van der Waals surface area contributed by atoms with Crippen LogP contribution in [0.15, 0.2) is 48.5 Å². The molecule has 0 heterocycles. The number of rotatable bonds is 5. The minimum Gasteiger partial charge on any atom is -0.508 e. The lowest BCUT2D eigenvalue weighted by Gasteiger charge is -2.31. The summed E-state index contributed by atoms with van der Waals surface area (Å²) in [7, 11) is 0. The van der Waals surface area contributed by atoms with Crippen molar-refractivity contribution in [1.29, 1.82) is 0 Å². The minimum absolute atomic E-state index is 0.138. The van der Waals surface area contributed by atoms with Crippen molar-refractivity contribution in [3.63, 3.8) is 0 Å². The molecule has 110 valence electrons. The van der Waals surface area contributed by atoms with Crippen LogP contribution in [0.25, 0.3) is 0 Å². The fourth-order valence-electron chi connectivity index (χ4n) is 2.73. The lowest BCUT2D eigenvalue weighted by atomic mass is 9.71. The molecule has 0 radical (unpaired) electrons. The van der Waals surface area contributed by atoms with Crippen molar-refractivity contribution < 1.29 is 15.0 Å². The molecule has 0 aliphatic rings. The summed E-state index contributed by atoms with van der Waals surface area (Å²) in [6, 6.07) is 13.0. The van der Waals surface area contributed by atoms with Gasteiger partial charge in [-0.05, 0) is 41.8 Å². The molecule has 0 aromatic heterocycles. The summed E-state index contributed by atoms with van der Waals surface area (Å²) >= 11 is 0. The second-order valence-corrected chi connectivity index (χ2v) is 5.11. The first-order valence-electron chi connectivity index (χ1n) is 6.89. The summed E-state index contributed by atoms with van der Waals surface area (Å²) in [4.78, 5) is 12.3. The Morgan fingerprint density at radius 2 is 1.33 bits per heavy atom. The van der Waals surface area contributed by atoms with Gasteiger partial charge in [0, 0.05) is 0 Å². The maximum absolute atomic E-state index is 12.3. The maximum atomic E-state index is 12.3. The Balaban J connectivity index is 2.65. The average molecular weight is 285 g/mol. The zero-order chi connectivity index (χ0) is 15.5. The summed E-state index contributed by atoms with van der Waals surface area (Å²) in [6.07, 6.45) is 1.32. The van der Waals surface area contributed by atoms with Crippen LogP contribution in [0.5, 0.6) is 11.5 Å². The van der Waals surface area contributed by atoms with Crippen molar-refractivity contribution in [2.24, 2.45) is 5.73 Å². The third kappa shape index (κ3) is 2.70. The second-order valence-electron chi connectivity index (χ2n) is 5.11. The van der Waals surface area contributed by atoms with Gasteiger partial charge in [0.1, 0.15) is 11.5 Å². The molecule has 0 aliphatic carbocycles. The molecular weight excluding hydrogens is 266 g/mol. The molecule has 0 unspecified atom stereocenters. The summed E-state index contributed by atoms with van der Waals surface area (Å²) in [5.41, 5.74) is 6.24. The number of carbonyl (C=O) groups is 1. The lowest BCUT2D eigenvalue weighted by molar-refractivity contribution is -0.122. The largest absolute Gasteiger partial charge is 0.508 e. The molecular formula is C17H19NO3. The summed E-state index contributed by atoms with van der Waals surface area (Å²) in [5.74, 6) is -0.167. The molecule has 4 nitrogen and oxygen atoms in total. The van der Waals surface area contributed by atoms with Crippen LogP contribution in [0.4, 0.5) is 0 Å². The first kappa shape index (κ1) is 14.9. The van der Waals surface area contributed by atoms with Crippen LogP contribution in [-0.4, -0.2) is 16.1 Å². The van der Waals surface area contributed by atoms with Gasteiger partial charge in [-0.1, -0.05) is 37.6 Å². The maximum Gasteiger partial charge on any atom is 0.232 e. The van der Waals surface area contributed by atoms with Gasteiger partial charge in [0.25, 0.3) is 0 Å². The Morgan fingerprint density at radius 1 is 0.952 bits per heavy atom. The highest BCUT2D eigenvalue weighted by molar-refractivity contribution is 5.90. The van der Waals surface area contributed by atoms with E-state index in [1.54, 1.807) is 48.5 Å². The molecule has 0 saturated carbocycles. The number of hydrogen-bond donors (Lipinski definition) is 3. The molecule has 0 fully saturated rings. The van der Waals surface area contributed by atoms with Crippen LogP contribution < -0.4 is 5.73 Å². The fraction of sp³-hybridized carbons (Fsp3) is 0.235. The van der Waals surface area contributed by atoms with Crippen LogP contribution in [0.3, 0.4) is 0 Å². The summed E-state index contributed by atoms with van der Waals surface area (Å²) < 4.78 is 0. The number of benzene rings is 2. The Morgan fingerprint density at radius 3 is 1.62 bits per heavy atom. The SMILES string of the molecule is CCCC(C(N)=O)(c1ccc(O)cc1)c1ccc(O)cc1. The second kappa shape index (κ2) is 5.87. The van der Waals surface area contributed by atoms with E-state index in [4.69, 9.17) is 5.73 Å². The molecule has 2 rings (SSSR count). The number of phenols is 2. The van der Waals surface area contributed by atoms with E-state index in [2.05, 4.69) is 0 Å². The molecule has 0 spiro atoms. The highest BCUT2D eigenvalue weighted by atomic mass is 16.3. The highest BCUT2D eigenvalue weighted by Crippen LogP contribution is 2.38. The van der Waals surface area contributed by atoms with Gasteiger partial charge >= 0.3 is 0 Å². The van der Waals surface area contributed by atoms with Crippen LogP contribution >= 0.6 is 0 Å². The Hall–Kier alpha value is -2.49. The van der Waals surface area contributed by atoms with Crippen LogP contribution in [0.2, 0.25) is 0 Å². The molecule has 2 aromatic carbocycles. The predicted molar refractivity (Wildman–Crippen MR) is 81.1 cm³/mol. The first-order chi connectivity index (χ1) is 10.0. The van der Waals surface area contributed by atoms with Crippen LogP contribution in [0.1, 0.15) is 30.9 Å². The van der Waals surface area contributed by atoms with E-state index in [1.165, 1.54) is 0 Å². The third-order valence-corrected chi connectivity index (χ3v) is 3.77.